The van der Waals surface area contributed by atoms with Crippen LogP contribution in [-0.4, -0.2) is 17.2 Å². The van der Waals surface area contributed by atoms with Gasteiger partial charge in [0.2, 0.25) is 0 Å². The van der Waals surface area contributed by atoms with E-state index in [0.29, 0.717) is 0 Å². The van der Waals surface area contributed by atoms with Crippen molar-refractivity contribution in [2.24, 2.45) is 0 Å². The molecule has 0 aliphatic carbocycles. The highest BCUT2D eigenvalue weighted by molar-refractivity contribution is 9.11. The fourth-order valence-electron chi connectivity index (χ4n) is 1.23. The third-order valence-electron chi connectivity index (χ3n) is 2.00. The summed E-state index contributed by atoms with van der Waals surface area (Å²) in [5.41, 5.74) is 0.121. The van der Waals surface area contributed by atoms with E-state index in [1.807, 2.05) is 12.1 Å². The van der Waals surface area contributed by atoms with E-state index in [1.54, 1.807) is 11.3 Å². The smallest absolute Gasteiger partial charge is 0.0894 e. The molecule has 0 spiro atoms. The van der Waals surface area contributed by atoms with E-state index in [9.17, 15) is 5.11 Å². The largest absolute Gasteiger partial charge is 0.388 e. The molecule has 1 heterocycles. The quantitative estimate of drug-likeness (QED) is 0.892. The zero-order valence-electron chi connectivity index (χ0n) is 9.38. The highest BCUT2D eigenvalue weighted by atomic mass is 79.9. The van der Waals surface area contributed by atoms with E-state index in [4.69, 9.17) is 0 Å². The molecule has 1 unspecified atom stereocenters. The summed E-state index contributed by atoms with van der Waals surface area (Å²) in [5.74, 6) is 0. The van der Waals surface area contributed by atoms with Crippen LogP contribution < -0.4 is 5.32 Å². The van der Waals surface area contributed by atoms with Crippen LogP contribution in [0.3, 0.4) is 0 Å². The summed E-state index contributed by atoms with van der Waals surface area (Å²) >= 11 is 4.98. The summed E-state index contributed by atoms with van der Waals surface area (Å²) in [6.45, 7) is 7.21. The summed E-state index contributed by atoms with van der Waals surface area (Å²) in [7, 11) is 0. The predicted molar refractivity (Wildman–Crippen MR) is 69.4 cm³/mol. The van der Waals surface area contributed by atoms with Gasteiger partial charge in [0.1, 0.15) is 0 Å². The van der Waals surface area contributed by atoms with Crippen molar-refractivity contribution >= 4 is 27.3 Å². The molecule has 1 aromatic rings. The van der Waals surface area contributed by atoms with Crippen LogP contribution in [0.1, 0.15) is 38.2 Å². The van der Waals surface area contributed by atoms with Gasteiger partial charge in [0, 0.05) is 10.4 Å². The van der Waals surface area contributed by atoms with Crippen LogP contribution in [0.4, 0.5) is 0 Å². The number of aliphatic hydroxyl groups excluding tert-OH is 1. The number of hydrogen-bond acceptors (Lipinski definition) is 3. The molecule has 0 saturated carbocycles. The van der Waals surface area contributed by atoms with Gasteiger partial charge in [-0.3, -0.25) is 0 Å². The lowest BCUT2D eigenvalue weighted by Gasteiger charge is -2.21. The first kappa shape index (κ1) is 13.2. The Bertz CT molecular complexity index is 306. The predicted octanol–water partition coefficient (Wildman–Crippen LogP) is 3.32. The first-order valence-electron chi connectivity index (χ1n) is 5.07. The van der Waals surface area contributed by atoms with Gasteiger partial charge in [0.05, 0.1) is 9.89 Å². The van der Waals surface area contributed by atoms with E-state index < -0.39 is 0 Å². The Labute approximate surface area is 104 Å². The lowest BCUT2D eigenvalue weighted by atomic mass is 10.1. The monoisotopic (exact) mass is 291 g/mol. The Morgan fingerprint density at radius 1 is 1.47 bits per heavy atom. The maximum Gasteiger partial charge on any atom is 0.0894 e. The highest BCUT2D eigenvalue weighted by Gasteiger charge is 2.12. The van der Waals surface area contributed by atoms with Crippen molar-refractivity contribution in [1.82, 2.24) is 5.32 Å². The van der Waals surface area contributed by atoms with Crippen molar-refractivity contribution < 1.29 is 5.11 Å². The third-order valence-corrected chi connectivity index (χ3v) is 3.72. The van der Waals surface area contributed by atoms with Crippen molar-refractivity contribution in [2.75, 3.05) is 6.54 Å². The van der Waals surface area contributed by atoms with Crippen LogP contribution in [0.25, 0.3) is 0 Å². The van der Waals surface area contributed by atoms with Gasteiger partial charge in [-0.05, 0) is 61.8 Å². The number of aliphatic hydroxyl groups is 1. The minimum atomic E-state index is -0.351. The Kier molecular flexibility index (Phi) is 4.77. The minimum absolute atomic E-state index is 0.121. The number of thiophene rings is 1. The molecule has 86 valence electrons. The summed E-state index contributed by atoms with van der Waals surface area (Å²) in [4.78, 5) is 1.03. The first-order valence-corrected chi connectivity index (χ1v) is 6.68. The van der Waals surface area contributed by atoms with E-state index >= 15 is 0 Å². The third kappa shape index (κ3) is 5.11. The average molecular weight is 292 g/mol. The fourth-order valence-corrected chi connectivity index (χ4v) is 2.68. The normalized spacial score (nSPS) is 14.2. The minimum Gasteiger partial charge on any atom is -0.388 e. The molecule has 0 bridgehead atoms. The van der Waals surface area contributed by atoms with Gasteiger partial charge < -0.3 is 10.4 Å². The Morgan fingerprint density at radius 2 is 2.13 bits per heavy atom. The second kappa shape index (κ2) is 5.43. The SMILES string of the molecule is CC(C)(C)NCCC(O)c1ccc(Br)s1. The summed E-state index contributed by atoms with van der Waals surface area (Å²) in [6.07, 6.45) is 0.403. The van der Waals surface area contributed by atoms with Crippen LogP contribution in [0.5, 0.6) is 0 Å². The van der Waals surface area contributed by atoms with Gasteiger partial charge in [-0.15, -0.1) is 11.3 Å². The second-order valence-corrected chi connectivity index (χ2v) is 7.12. The maximum absolute atomic E-state index is 9.88. The zero-order valence-corrected chi connectivity index (χ0v) is 11.8. The van der Waals surface area contributed by atoms with Gasteiger partial charge in [0.25, 0.3) is 0 Å². The fraction of sp³-hybridized carbons (Fsp3) is 0.636. The van der Waals surface area contributed by atoms with Crippen LogP contribution in [0, 0.1) is 0 Å². The summed E-state index contributed by atoms with van der Waals surface area (Å²) in [5, 5.41) is 13.2. The molecule has 0 aliphatic heterocycles. The van der Waals surface area contributed by atoms with Crippen molar-refractivity contribution in [2.45, 2.75) is 38.8 Å². The Balaban J connectivity index is 2.34. The average Bonchev–Trinajstić information content (AvgIpc) is 2.49. The maximum atomic E-state index is 9.88. The second-order valence-electron chi connectivity index (χ2n) is 4.62. The molecule has 15 heavy (non-hydrogen) atoms. The Morgan fingerprint density at radius 3 is 2.60 bits per heavy atom. The number of hydrogen-bond donors (Lipinski definition) is 2. The molecule has 0 amide bonds. The van der Waals surface area contributed by atoms with Crippen molar-refractivity contribution in [3.8, 4) is 0 Å². The van der Waals surface area contributed by atoms with Crippen molar-refractivity contribution in [1.29, 1.82) is 0 Å². The zero-order chi connectivity index (χ0) is 11.5. The molecule has 0 aromatic carbocycles. The molecule has 1 aromatic heterocycles. The van der Waals surface area contributed by atoms with Gasteiger partial charge in [-0.1, -0.05) is 0 Å². The molecule has 0 radical (unpaired) electrons. The summed E-state index contributed by atoms with van der Waals surface area (Å²) < 4.78 is 1.07. The van der Waals surface area contributed by atoms with Gasteiger partial charge >= 0.3 is 0 Å². The lowest BCUT2D eigenvalue weighted by Crippen LogP contribution is -2.36. The molecule has 0 fully saturated rings. The molecular weight excluding hydrogens is 274 g/mol. The number of rotatable bonds is 4. The standard InChI is InChI=1S/C11H18BrNOS/c1-11(2,3)13-7-6-8(14)9-4-5-10(12)15-9/h4-5,8,13-14H,6-7H2,1-3H3. The van der Waals surface area contributed by atoms with Gasteiger partial charge in [-0.2, -0.15) is 0 Å². The number of nitrogens with one attached hydrogen (secondary N) is 1. The van der Waals surface area contributed by atoms with Crippen LogP contribution in [0.2, 0.25) is 0 Å². The highest BCUT2D eigenvalue weighted by Crippen LogP contribution is 2.28. The van der Waals surface area contributed by atoms with E-state index in [-0.39, 0.29) is 11.6 Å². The molecule has 0 aliphatic rings. The van der Waals surface area contributed by atoms with Crippen molar-refractivity contribution in [3.05, 3.63) is 20.8 Å². The van der Waals surface area contributed by atoms with Crippen LogP contribution >= 0.6 is 27.3 Å². The first-order chi connectivity index (χ1) is 6.88. The van der Waals surface area contributed by atoms with Gasteiger partial charge in [-0.25, -0.2) is 0 Å². The molecular formula is C11H18BrNOS. The molecule has 1 atom stereocenters. The lowest BCUT2D eigenvalue weighted by molar-refractivity contribution is 0.167. The van der Waals surface area contributed by atoms with E-state index in [1.165, 1.54) is 0 Å². The van der Waals surface area contributed by atoms with E-state index in [2.05, 4.69) is 42.0 Å². The van der Waals surface area contributed by atoms with Crippen molar-refractivity contribution in [3.63, 3.8) is 0 Å². The molecule has 2 N–H and O–H groups in total. The molecule has 2 nitrogen and oxygen atoms in total. The van der Waals surface area contributed by atoms with E-state index in [0.717, 1.165) is 21.6 Å². The molecule has 1 rings (SSSR count). The van der Waals surface area contributed by atoms with Crippen LogP contribution in [-0.2, 0) is 0 Å². The molecule has 4 heteroatoms. The number of halogens is 1. The topological polar surface area (TPSA) is 32.3 Å². The van der Waals surface area contributed by atoms with Crippen LogP contribution in [0.15, 0.2) is 15.9 Å². The Hall–Kier alpha value is 0.1000. The summed E-state index contributed by atoms with van der Waals surface area (Å²) in [6, 6.07) is 3.94. The van der Waals surface area contributed by atoms with Gasteiger partial charge in [0.15, 0.2) is 0 Å². The molecule has 0 saturated heterocycles.